The van der Waals surface area contributed by atoms with E-state index in [0.29, 0.717) is 6.54 Å². The van der Waals surface area contributed by atoms with Crippen LogP contribution in [0.1, 0.15) is 5.69 Å². The normalized spacial score (nSPS) is 10.6. The fourth-order valence-electron chi connectivity index (χ4n) is 1.27. The van der Waals surface area contributed by atoms with Gasteiger partial charge in [-0.05, 0) is 46.2 Å². The molecule has 0 spiro atoms. The first-order valence-corrected chi connectivity index (χ1v) is 5.12. The fraction of sp³-hybridized carbons (Fsp3) is 0.100. The van der Waals surface area contributed by atoms with E-state index >= 15 is 0 Å². The SMILES string of the molecule is NCc1cc2cc(I)ccc2cn1. The van der Waals surface area contributed by atoms with Crippen molar-refractivity contribution in [3.63, 3.8) is 0 Å². The molecule has 3 heteroatoms. The van der Waals surface area contributed by atoms with Crippen molar-refractivity contribution in [3.05, 3.63) is 39.7 Å². The van der Waals surface area contributed by atoms with Gasteiger partial charge in [0.25, 0.3) is 0 Å². The molecule has 0 fully saturated rings. The first kappa shape index (κ1) is 8.90. The van der Waals surface area contributed by atoms with Gasteiger partial charge in [0.1, 0.15) is 0 Å². The molecule has 0 unspecified atom stereocenters. The average molecular weight is 284 g/mol. The van der Waals surface area contributed by atoms with Crippen molar-refractivity contribution < 1.29 is 0 Å². The Morgan fingerprint density at radius 2 is 2.08 bits per heavy atom. The van der Waals surface area contributed by atoms with Gasteiger partial charge >= 0.3 is 0 Å². The van der Waals surface area contributed by atoms with Crippen LogP contribution in [0.5, 0.6) is 0 Å². The highest BCUT2D eigenvalue weighted by atomic mass is 127. The summed E-state index contributed by atoms with van der Waals surface area (Å²) in [4.78, 5) is 4.23. The number of nitrogens with two attached hydrogens (primary N) is 1. The number of nitrogens with zero attached hydrogens (tertiary/aromatic N) is 1. The highest BCUT2D eigenvalue weighted by Gasteiger charge is 1.96. The number of hydrogen-bond donors (Lipinski definition) is 1. The smallest absolute Gasteiger partial charge is 0.0545 e. The number of hydrogen-bond acceptors (Lipinski definition) is 2. The monoisotopic (exact) mass is 284 g/mol. The predicted molar refractivity (Wildman–Crippen MR) is 62.4 cm³/mol. The van der Waals surface area contributed by atoms with E-state index in [1.54, 1.807) is 0 Å². The Kier molecular flexibility index (Phi) is 2.46. The zero-order chi connectivity index (χ0) is 9.26. The maximum absolute atomic E-state index is 5.51. The van der Waals surface area contributed by atoms with E-state index in [9.17, 15) is 0 Å². The zero-order valence-corrected chi connectivity index (χ0v) is 9.15. The van der Waals surface area contributed by atoms with Gasteiger partial charge < -0.3 is 5.73 Å². The topological polar surface area (TPSA) is 38.9 Å². The maximum Gasteiger partial charge on any atom is 0.0545 e. The number of benzene rings is 1. The van der Waals surface area contributed by atoms with Crippen LogP contribution in [0, 0.1) is 3.57 Å². The number of fused-ring (bicyclic) bond motifs is 1. The summed E-state index contributed by atoms with van der Waals surface area (Å²) in [6, 6.07) is 8.32. The van der Waals surface area contributed by atoms with E-state index in [2.05, 4.69) is 45.8 Å². The van der Waals surface area contributed by atoms with Crippen molar-refractivity contribution in [2.75, 3.05) is 0 Å². The molecule has 1 aromatic carbocycles. The molecule has 0 saturated carbocycles. The third kappa shape index (κ3) is 1.81. The van der Waals surface area contributed by atoms with Crippen LogP contribution < -0.4 is 5.73 Å². The molecule has 2 aromatic rings. The second-order valence-electron chi connectivity index (χ2n) is 2.87. The highest BCUT2D eigenvalue weighted by molar-refractivity contribution is 14.1. The lowest BCUT2D eigenvalue weighted by molar-refractivity contribution is 0.998. The van der Waals surface area contributed by atoms with Gasteiger partial charge in [0.2, 0.25) is 0 Å². The number of halogens is 1. The first-order chi connectivity index (χ1) is 6.29. The van der Waals surface area contributed by atoms with Crippen molar-refractivity contribution in [1.82, 2.24) is 4.98 Å². The van der Waals surface area contributed by atoms with Crippen LogP contribution in [0.25, 0.3) is 10.8 Å². The molecule has 0 amide bonds. The molecular formula is C10H9IN2. The molecule has 0 radical (unpaired) electrons. The zero-order valence-electron chi connectivity index (χ0n) is 7.00. The molecular weight excluding hydrogens is 275 g/mol. The molecule has 66 valence electrons. The second kappa shape index (κ2) is 3.59. The summed E-state index contributed by atoms with van der Waals surface area (Å²) in [6.45, 7) is 0.501. The van der Waals surface area contributed by atoms with Gasteiger partial charge in [-0.1, -0.05) is 6.07 Å². The van der Waals surface area contributed by atoms with E-state index in [-0.39, 0.29) is 0 Å². The van der Waals surface area contributed by atoms with Gasteiger partial charge in [0.15, 0.2) is 0 Å². The van der Waals surface area contributed by atoms with Gasteiger partial charge in [-0.15, -0.1) is 0 Å². The van der Waals surface area contributed by atoms with Gasteiger partial charge in [-0.2, -0.15) is 0 Å². The molecule has 0 aliphatic heterocycles. The van der Waals surface area contributed by atoms with Gasteiger partial charge in [0, 0.05) is 21.7 Å². The second-order valence-corrected chi connectivity index (χ2v) is 4.12. The average Bonchev–Trinajstić information content (AvgIpc) is 2.16. The third-order valence-corrected chi connectivity index (χ3v) is 2.62. The molecule has 0 aliphatic carbocycles. The summed E-state index contributed by atoms with van der Waals surface area (Å²) in [5.41, 5.74) is 6.45. The van der Waals surface area contributed by atoms with Gasteiger partial charge in [-0.3, -0.25) is 4.98 Å². The predicted octanol–water partition coefficient (Wildman–Crippen LogP) is 2.30. The fourth-order valence-corrected chi connectivity index (χ4v) is 1.78. The summed E-state index contributed by atoms with van der Waals surface area (Å²) < 4.78 is 1.24. The summed E-state index contributed by atoms with van der Waals surface area (Å²) in [6.07, 6.45) is 1.87. The lowest BCUT2D eigenvalue weighted by atomic mass is 10.1. The Balaban J connectivity index is 2.68. The molecule has 1 aromatic heterocycles. The molecule has 2 rings (SSSR count). The minimum Gasteiger partial charge on any atom is -0.325 e. The number of pyridine rings is 1. The van der Waals surface area contributed by atoms with E-state index in [1.807, 2.05) is 12.3 Å². The van der Waals surface area contributed by atoms with Crippen LogP contribution in [0.4, 0.5) is 0 Å². The minimum atomic E-state index is 0.501. The summed E-state index contributed by atoms with van der Waals surface area (Å²) in [7, 11) is 0. The lowest BCUT2D eigenvalue weighted by Gasteiger charge is -2.00. The van der Waals surface area contributed by atoms with Crippen LogP contribution in [0.3, 0.4) is 0 Å². The van der Waals surface area contributed by atoms with E-state index < -0.39 is 0 Å². The first-order valence-electron chi connectivity index (χ1n) is 4.04. The largest absolute Gasteiger partial charge is 0.325 e. The molecule has 13 heavy (non-hydrogen) atoms. The molecule has 0 aliphatic rings. The van der Waals surface area contributed by atoms with Gasteiger partial charge in [0.05, 0.1) is 5.69 Å². The maximum atomic E-state index is 5.51. The van der Waals surface area contributed by atoms with Crippen molar-refractivity contribution in [2.45, 2.75) is 6.54 Å². The Morgan fingerprint density at radius 3 is 2.85 bits per heavy atom. The van der Waals surface area contributed by atoms with E-state index in [4.69, 9.17) is 5.73 Å². The summed E-state index contributed by atoms with van der Waals surface area (Å²) >= 11 is 2.30. The molecule has 0 atom stereocenters. The Labute approximate surface area is 90.3 Å². The van der Waals surface area contributed by atoms with Crippen molar-refractivity contribution in [1.29, 1.82) is 0 Å². The Hall–Kier alpha value is -0.680. The Morgan fingerprint density at radius 1 is 1.23 bits per heavy atom. The van der Waals surface area contributed by atoms with Crippen LogP contribution >= 0.6 is 22.6 Å². The minimum absolute atomic E-state index is 0.501. The van der Waals surface area contributed by atoms with Crippen molar-refractivity contribution in [2.24, 2.45) is 5.73 Å². The molecule has 2 N–H and O–H groups in total. The standard InChI is InChI=1S/C10H9IN2/c11-9-2-1-7-6-13-10(5-12)4-8(7)3-9/h1-4,6H,5,12H2. The highest BCUT2D eigenvalue weighted by Crippen LogP contribution is 2.17. The number of rotatable bonds is 1. The summed E-state index contributed by atoms with van der Waals surface area (Å²) in [5, 5.41) is 2.37. The quantitative estimate of drug-likeness (QED) is 0.816. The molecule has 0 bridgehead atoms. The van der Waals surface area contributed by atoms with Crippen molar-refractivity contribution >= 4 is 33.4 Å². The number of aromatic nitrogens is 1. The van der Waals surface area contributed by atoms with Crippen LogP contribution in [0.15, 0.2) is 30.5 Å². The van der Waals surface area contributed by atoms with Gasteiger partial charge in [-0.25, -0.2) is 0 Å². The molecule has 0 saturated heterocycles. The van der Waals surface area contributed by atoms with E-state index in [0.717, 1.165) is 11.1 Å². The Bertz CT molecular complexity index is 440. The third-order valence-electron chi connectivity index (χ3n) is 1.95. The molecule has 1 heterocycles. The van der Waals surface area contributed by atoms with Crippen LogP contribution in [0.2, 0.25) is 0 Å². The summed E-state index contributed by atoms with van der Waals surface area (Å²) in [5.74, 6) is 0. The molecule has 2 nitrogen and oxygen atoms in total. The van der Waals surface area contributed by atoms with Crippen LogP contribution in [-0.4, -0.2) is 4.98 Å². The van der Waals surface area contributed by atoms with Crippen LogP contribution in [-0.2, 0) is 6.54 Å². The van der Waals surface area contributed by atoms with E-state index in [1.165, 1.54) is 8.96 Å². The van der Waals surface area contributed by atoms with Crippen molar-refractivity contribution in [3.8, 4) is 0 Å². The lowest BCUT2D eigenvalue weighted by Crippen LogP contribution is -1.98.